The fourth-order valence-electron chi connectivity index (χ4n) is 3.41. The highest BCUT2D eigenvalue weighted by molar-refractivity contribution is 6.40. The van der Waals surface area contributed by atoms with Gasteiger partial charge in [0.1, 0.15) is 0 Å². The highest BCUT2D eigenvalue weighted by atomic mass is 35.5. The topological polar surface area (TPSA) is 46.2 Å². The second-order valence-electron chi connectivity index (χ2n) is 6.62. The molecule has 1 aliphatic carbocycles. The van der Waals surface area contributed by atoms with Gasteiger partial charge >= 0.3 is 0 Å². The Morgan fingerprint density at radius 1 is 0.714 bits per heavy atom. The third-order valence-electron chi connectivity index (χ3n) is 4.81. The molecule has 138 valence electrons. The molecule has 0 saturated carbocycles. The van der Waals surface area contributed by atoms with Crippen molar-refractivity contribution in [3.8, 4) is 0 Å². The van der Waals surface area contributed by atoms with E-state index in [1.54, 1.807) is 48.5 Å². The van der Waals surface area contributed by atoms with Crippen LogP contribution in [0.2, 0.25) is 5.02 Å². The quantitative estimate of drug-likeness (QED) is 0.672. The molecule has 1 aliphatic rings. The molecule has 3 aromatic carbocycles. The number of Topliss-reactive ketones (excluding diaryl/α,β-unsaturated/α-hetero) is 2. The zero-order chi connectivity index (χ0) is 19.5. The highest BCUT2D eigenvalue weighted by Crippen LogP contribution is 2.31. The monoisotopic (exact) mass is 387 g/mol. The van der Waals surface area contributed by atoms with Gasteiger partial charge in [0.15, 0.2) is 5.78 Å². The lowest BCUT2D eigenvalue weighted by Crippen LogP contribution is -2.31. The summed E-state index contributed by atoms with van der Waals surface area (Å²) in [5, 5.41) is 3.81. The molecular weight excluding hydrogens is 370 g/mol. The molecule has 3 nitrogen and oxygen atoms in total. The Bertz CT molecular complexity index is 1070. The van der Waals surface area contributed by atoms with Crippen molar-refractivity contribution < 1.29 is 9.59 Å². The van der Waals surface area contributed by atoms with Crippen LogP contribution in [0, 0.1) is 0 Å². The minimum absolute atomic E-state index is 0.153. The molecule has 0 amide bonds. The van der Waals surface area contributed by atoms with E-state index in [9.17, 15) is 9.59 Å². The molecular formula is C24H18ClNO2. The van der Waals surface area contributed by atoms with Crippen LogP contribution in [0.3, 0.4) is 0 Å². The lowest BCUT2D eigenvalue weighted by atomic mass is 9.84. The number of hydrogen-bond donors (Lipinski definition) is 1. The largest absolute Gasteiger partial charge is 0.381 e. The second-order valence-corrected chi connectivity index (χ2v) is 7.06. The number of hydrogen-bond acceptors (Lipinski definition) is 3. The van der Waals surface area contributed by atoms with Crippen molar-refractivity contribution >= 4 is 28.7 Å². The Morgan fingerprint density at radius 2 is 1.32 bits per heavy atom. The van der Waals surface area contributed by atoms with Crippen LogP contribution >= 0.6 is 11.6 Å². The zero-order valence-electron chi connectivity index (χ0n) is 15.1. The van der Waals surface area contributed by atoms with Crippen LogP contribution in [0.4, 0.5) is 0 Å². The van der Waals surface area contributed by atoms with Crippen LogP contribution in [-0.4, -0.2) is 18.1 Å². The number of carbonyl (C=O) groups is 2. The number of nitrogens with one attached hydrogen (secondary N) is 1. The summed E-state index contributed by atoms with van der Waals surface area (Å²) in [5.74, 6) is -0.312. The molecule has 0 bridgehead atoms. The second kappa shape index (κ2) is 7.83. The maximum atomic E-state index is 13.2. The van der Waals surface area contributed by atoms with Crippen molar-refractivity contribution in [2.75, 3.05) is 6.54 Å². The summed E-state index contributed by atoms with van der Waals surface area (Å²) in [6, 6.07) is 24.0. The summed E-state index contributed by atoms with van der Waals surface area (Å²) in [4.78, 5) is 26.4. The SMILES string of the molecule is O=C1C(NCCc2ccccc2)=C(c2ccc(Cl)cc2)C(=O)c2ccccc21. The van der Waals surface area contributed by atoms with E-state index in [1.807, 2.05) is 30.3 Å². The van der Waals surface area contributed by atoms with E-state index in [0.717, 1.165) is 6.42 Å². The normalized spacial score (nSPS) is 13.5. The van der Waals surface area contributed by atoms with Gasteiger partial charge in [0.2, 0.25) is 5.78 Å². The fourth-order valence-corrected chi connectivity index (χ4v) is 3.54. The number of carbonyl (C=O) groups excluding carboxylic acids is 2. The predicted molar refractivity (Wildman–Crippen MR) is 112 cm³/mol. The van der Waals surface area contributed by atoms with Gasteiger partial charge in [0.25, 0.3) is 0 Å². The van der Waals surface area contributed by atoms with Crippen LogP contribution in [0.5, 0.6) is 0 Å². The Hall–Kier alpha value is -3.17. The van der Waals surface area contributed by atoms with Crippen molar-refractivity contribution in [3.05, 3.63) is 112 Å². The number of allylic oxidation sites excluding steroid dienone is 2. The van der Waals surface area contributed by atoms with Gasteiger partial charge in [0.05, 0.1) is 11.3 Å². The van der Waals surface area contributed by atoms with Crippen LogP contribution in [-0.2, 0) is 6.42 Å². The summed E-state index contributed by atoms with van der Waals surface area (Å²) < 4.78 is 0. The van der Waals surface area contributed by atoms with E-state index in [2.05, 4.69) is 5.32 Å². The minimum Gasteiger partial charge on any atom is -0.381 e. The van der Waals surface area contributed by atoms with Crippen molar-refractivity contribution in [3.63, 3.8) is 0 Å². The first-order chi connectivity index (χ1) is 13.6. The molecule has 4 heteroatoms. The molecule has 0 unspecified atom stereocenters. The Labute approximate surface area is 168 Å². The van der Waals surface area contributed by atoms with Crippen molar-refractivity contribution in [1.29, 1.82) is 0 Å². The average molecular weight is 388 g/mol. The van der Waals surface area contributed by atoms with E-state index in [0.29, 0.717) is 39.5 Å². The maximum Gasteiger partial charge on any atom is 0.210 e. The summed E-state index contributed by atoms with van der Waals surface area (Å²) in [5.41, 5.74) is 3.46. The Kier molecular flexibility index (Phi) is 5.09. The molecule has 0 atom stereocenters. The molecule has 3 aromatic rings. The third-order valence-corrected chi connectivity index (χ3v) is 5.06. The standard InChI is InChI=1S/C24H18ClNO2/c25-18-12-10-17(11-13-18)21-22(26-15-14-16-6-2-1-3-7-16)24(28)20-9-5-4-8-19(20)23(21)27/h1-13,26H,14-15H2. The first kappa shape index (κ1) is 18.2. The molecule has 4 rings (SSSR count). The fraction of sp³-hybridized carbons (Fsp3) is 0.0833. The van der Waals surface area contributed by atoms with Crippen molar-refractivity contribution in [1.82, 2.24) is 5.32 Å². The van der Waals surface area contributed by atoms with Gasteiger partial charge in [0, 0.05) is 22.7 Å². The van der Waals surface area contributed by atoms with Crippen LogP contribution in [0.15, 0.2) is 84.6 Å². The highest BCUT2D eigenvalue weighted by Gasteiger charge is 2.32. The smallest absolute Gasteiger partial charge is 0.210 e. The summed E-state index contributed by atoms with van der Waals surface area (Å²) in [6.07, 6.45) is 0.751. The third kappa shape index (κ3) is 3.49. The van der Waals surface area contributed by atoms with Crippen LogP contribution < -0.4 is 5.32 Å². The lowest BCUT2D eigenvalue weighted by molar-refractivity contribution is 0.0985. The number of ketones is 2. The summed E-state index contributed by atoms with van der Waals surface area (Å²) >= 11 is 6.00. The van der Waals surface area contributed by atoms with Gasteiger partial charge in [-0.2, -0.15) is 0 Å². The molecule has 0 aliphatic heterocycles. The van der Waals surface area contributed by atoms with E-state index < -0.39 is 0 Å². The molecule has 0 fully saturated rings. The van der Waals surface area contributed by atoms with Gasteiger partial charge in [-0.05, 0) is 29.7 Å². The van der Waals surface area contributed by atoms with Gasteiger partial charge < -0.3 is 5.32 Å². The molecule has 1 N–H and O–H groups in total. The van der Waals surface area contributed by atoms with Crippen molar-refractivity contribution in [2.24, 2.45) is 0 Å². The van der Waals surface area contributed by atoms with E-state index >= 15 is 0 Å². The number of halogens is 1. The first-order valence-corrected chi connectivity index (χ1v) is 9.49. The zero-order valence-corrected chi connectivity index (χ0v) is 15.9. The summed E-state index contributed by atoms with van der Waals surface area (Å²) in [6.45, 7) is 0.553. The van der Waals surface area contributed by atoms with Crippen LogP contribution in [0.25, 0.3) is 5.57 Å². The number of rotatable bonds is 5. The molecule has 0 spiro atoms. The van der Waals surface area contributed by atoms with Gasteiger partial charge in [-0.25, -0.2) is 0 Å². The minimum atomic E-state index is -0.159. The van der Waals surface area contributed by atoms with E-state index in [-0.39, 0.29) is 11.6 Å². The molecule has 0 aromatic heterocycles. The molecule has 28 heavy (non-hydrogen) atoms. The number of benzene rings is 3. The molecule has 0 heterocycles. The maximum absolute atomic E-state index is 13.2. The number of fused-ring (bicyclic) bond motifs is 1. The molecule has 0 radical (unpaired) electrons. The Morgan fingerprint density at radius 3 is 2.00 bits per heavy atom. The Balaban J connectivity index is 1.72. The van der Waals surface area contributed by atoms with Gasteiger partial charge in [-0.15, -0.1) is 0 Å². The predicted octanol–water partition coefficient (Wildman–Crippen LogP) is 4.96. The molecule has 0 saturated heterocycles. The van der Waals surface area contributed by atoms with E-state index in [4.69, 9.17) is 11.6 Å². The van der Waals surface area contributed by atoms with E-state index in [1.165, 1.54) is 5.56 Å². The summed E-state index contributed by atoms with van der Waals surface area (Å²) in [7, 11) is 0. The first-order valence-electron chi connectivity index (χ1n) is 9.11. The van der Waals surface area contributed by atoms with Crippen LogP contribution in [0.1, 0.15) is 31.8 Å². The lowest BCUT2D eigenvalue weighted by Gasteiger charge is -2.22. The average Bonchev–Trinajstić information content (AvgIpc) is 2.73. The van der Waals surface area contributed by atoms with Gasteiger partial charge in [-0.1, -0.05) is 78.3 Å². The van der Waals surface area contributed by atoms with Crippen molar-refractivity contribution in [2.45, 2.75) is 6.42 Å². The van der Waals surface area contributed by atoms with Gasteiger partial charge in [-0.3, -0.25) is 9.59 Å².